The Morgan fingerprint density at radius 1 is 1.13 bits per heavy atom. The van der Waals surface area contributed by atoms with E-state index in [4.69, 9.17) is 5.26 Å². The summed E-state index contributed by atoms with van der Waals surface area (Å²) in [6, 6.07) is 10.9. The van der Waals surface area contributed by atoms with Crippen LogP contribution in [0.3, 0.4) is 0 Å². The number of ether oxygens (including phenoxy) is 1. The Bertz CT molecular complexity index is 780. The van der Waals surface area contributed by atoms with Gasteiger partial charge in [0, 0.05) is 5.69 Å². The van der Waals surface area contributed by atoms with E-state index in [1.165, 1.54) is 12.1 Å². The topological polar surface area (TPSA) is 79.2 Å². The summed E-state index contributed by atoms with van der Waals surface area (Å²) in [5, 5.41) is 11.1. The molecule has 0 bridgehead atoms. The van der Waals surface area contributed by atoms with Crippen molar-refractivity contribution in [1.29, 1.82) is 5.26 Å². The lowest BCUT2D eigenvalue weighted by Crippen LogP contribution is -2.22. The lowest BCUT2D eigenvalue weighted by Gasteiger charge is -2.07. The highest BCUT2D eigenvalue weighted by atomic mass is 19.1. The van der Waals surface area contributed by atoms with Gasteiger partial charge in [-0.3, -0.25) is 4.79 Å². The highest BCUT2D eigenvalue weighted by Crippen LogP contribution is 2.13. The first-order valence-electron chi connectivity index (χ1n) is 6.42. The lowest BCUT2D eigenvalue weighted by molar-refractivity contribution is -0.119. The molecular weight excluding hydrogens is 306 g/mol. The van der Waals surface area contributed by atoms with Crippen LogP contribution in [-0.4, -0.2) is 18.5 Å². The van der Waals surface area contributed by atoms with Gasteiger partial charge < -0.3 is 10.1 Å². The maximum absolute atomic E-state index is 13.4. The van der Waals surface area contributed by atoms with Crippen LogP contribution < -0.4 is 5.32 Å². The molecule has 5 nitrogen and oxygen atoms in total. The van der Waals surface area contributed by atoms with E-state index in [-0.39, 0.29) is 0 Å². The number of hydrogen-bond donors (Lipinski definition) is 1. The number of esters is 1. The van der Waals surface area contributed by atoms with Gasteiger partial charge in [-0.25, -0.2) is 13.6 Å². The van der Waals surface area contributed by atoms with Crippen LogP contribution in [0.5, 0.6) is 0 Å². The summed E-state index contributed by atoms with van der Waals surface area (Å²) in [7, 11) is 0. The molecule has 0 aliphatic carbocycles. The van der Waals surface area contributed by atoms with Gasteiger partial charge in [-0.2, -0.15) is 5.26 Å². The number of amides is 1. The second kappa shape index (κ2) is 7.13. The Hall–Kier alpha value is -3.27. The van der Waals surface area contributed by atoms with Gasteiger partial charge in [0.15, 0.2) is 6.61 Å². The summed E-state index contributed by atoms with van der Waals surface area (Å²) in [5.41, 5.74) is -0.179. The SMILES string of the molecule is N#Cc1cccc(NC(=O)COC(=O)c2c(F)cccc2F)c1. The number of anilines is 1. The summed E-state index contributed by atoms with van der Waals surface area (Å²) in [6.45, 7) is -0.719. The van der Waals surface area contributed by atoms with Crippen LogP contribution in [0, 0.1) is 23.0 Å². The molecule has 0 aliphatic heterocycles. The fourth-order valence-electron chi connectivity index (χ4n) is 1.76. The summed E-state index contributed by atoms with van der Waals surface area (Å²) < 4.78 is 31.4. The molecule has 7 heteroatoms. The monoisotopic (exact) mass is 316 g/mol. The van der Waals surface area contributed by atoms with Crippen LogP contribution in [0.2, 0.25) is 0 Å². The standard InChI is InChI=1S/C16H10F2N2O3/c17-12-5-2-6-13(18)15(12)16(22)23-9-14(21)20-11-4-1-3-10(7-11)8-19/h1-7H,9H2,(H,20,21). The molecule has 0 fully saturated rings. The highest BCUT2D eigenvalue weighted by Gasteiger charge is 2.19. The fraction of sp³-hybridized carbons (Fsp3) is 0.0625. The second-order valence-electron chi connectivity index (χ2n) is 4.41. The van der Waals surface area contributed by atoms with E-state index in [1.807, 2.05) is 6.07 Å². The maximum atomic E-state index is 13.4. The minimum Gasteiger partial charge on any atom is -0.452 e. The first-order chi connectivity index (χ1) is 11.0. The molecule has 2 rings (SSSR count). The molecule has 0 unspecified atom stereocenters. The van der Waals surface area contributed by atoms with Crippen molar-refractivity contribution in [3.8, 4) is 6.07 Å². The van der Waals surface area contributed by atoms with Crippen molar-refractivity contribution in [2.24, 2.45) is 0 Å². The van der Waals surface area contributed by atoms with Gasteiger partial charge in [0.25, 0.3) is 5.91 Å². The number of hydrogen-bond acceptors (Lipinski definition) is 4. The number of nitrogens with one attached hydrogen (secondary N) is 1. The quantitative estimate of drug-likeness (QED) is 0.879. The van der Waals surface area contributed by atoms with Crippen molar-refractivity contribution in [3.63, 3.8) is 0 Å². The third kappa shape index (κ3) is 4.11. The third-order valence-electron chi connectivity index (χ3n) is 2.78. The number of carbonyl (C=O) groups is 2. The van der Waals surface area contributed by atoms with E-state index in [1.54, 1.807) is 12.1 Å². The van der Waals surface area contributed by atoms with Gasteiger partial charge >= 0.3 is 5.97 Å². The molecule has 2 aromatic carbocycles. The van der Waals surface area contributed by atoms with E-state index >= 15 is 0 Å². The van der Waals surface area contributed by atoms with Crippen molar-refractivity contribution in [3.05, 3.63) is 65.2 Å². The molecule has 0 saturated heterocycles. The highest BCUT2D eigenvalue weighted by molar-refractivity contribution is 5.95. The van der Waals surface area contributed by atoms with Crippen LogP contribution in [-0.2, 0) is 9.53 Å². The maximum Gasteiger partial charge on any atom is 0.344 e. The van der Waals surface area contributed by atoms with Crippen LogP contribution in [0.4, 0.5) is 14.5 Å². The van der Waals surface area contributed by atoms with E-state index in [0.717, 1.165) is 18.2 Å². The Balaban J connectivity index is 1.96. The molecule has 23 heavy (non-hydrogen) atoms. The molecule has 0 heterocycles. The third-order valence-corrected chi connectivity index (χ3v) is 2.78. The zero-order valence-electron chi connectivity index (χ0n) is 11.7. The fourth-order valence-corrected chi connectivity index (χ4v) is 1.76. The summed E-state index contributed by atoms with van der Waals surface area (Å²) in [6.07, 6.45) is 0. The van der Waals surface area contributed by atoms with Crippen molar-refractivity contribution in [1.82, 2.24) is 0 Å². The molecule has 0 spiro atoms. The average molecular weight is 316 g/mol. The van der Waals surface area contributed by atoms with Crippen molar-refractivity contribution >= 4 is 17.6 Å². The van der Waals surface area contributed by atoms with Gasteiger partial charge in [-0.05, 0) is 30.3 Å². The van der Waals surface area contributed by atoms with E-state index in [2.05, 4.69) is 10.1 Å². The molecule has 2 aromatic rings. The van der Waals surface area contributed by atoms with E-state index in [0.29, 0.717) is 11.3 Å². The summed E-state index contributed by atoms with van der Waals surface area (Å²) in [4.78, 5) is 23.3. The van der Waals surface area contributed by atoms with Crippen molar-refractivity contribution < 1.29 is 23.1 Å². The lowest BCUT2D eigenvalue weighted by atomic mass is 10.2. The van der Waals surface area contributed by atoms with Crippen LogP contribution in [0.25, 0.3) is 0 Å². The van der Waals surface area contributed by atoms with Crippen LogP contribution >= 0.6 is 0 Å². The molecule has 0 radical (unpaired) electrons. The van der Waals surface area contributed by atoms with Crippen LogP contribution in [0.15, 0.2) is 42.5 Å². The van der Waals surface area contributed by atoms with Gasteiger partial charge in [0.2, 0.25) is 0 Å². The number of nitrogens with zero attached hydrogens (tertiary/aromatic N) is 1. The predicted octanol–water partition coefficient (Wildman–Crippen LogP) is 2.63. The first kappa shape index (κ1) is 16.1. The largest absolute Gasteiger partial charge is 0.452 e. The molecule has 0 aliphatic rings. The van der Waals surface area contributed by atoms with E-state index in [9.17, 15) is 18.4 Å². The normalized spacial score (nSPS) is 9.78. The number of rotatable bonds is 4. The first-order valence-corrected chi connectivity index (χ1v) is 6.42. The number of nitriles is 1. The van der Waals surface area contributed by atoms with Gasteiger partial charge in [-0.1, -0.05) is 12.1 Å². The van der Waals surface area contributed by atoms with Gasteiger partial charge in [0.1, 0.15) is 17.2 Å². The van der Waals surface area contributed by atoms with Gasteiger partial charge in [-0.15, -0.1) is 0 Å². The molecule has 1 amide bonds. The molecular formula is C16H10F2N2O3. The summed E-state index contributed by atoms with van der Waals surface area (Å²) >= 11 is 0. The Morgan fingerprint density at radius 2 is 1.78 bits per heavy atom. The minimum atomic E-state index is -1.28. The average Bonchev–Trinajstić information content (AvgIpc) is 2.53. The Labute approximate surface area is 130 Å². The molecule has 0 aromatic heterocycles. The van der Waals surface area contributed by atoms with Crippen molar-refractivity contribution in [2.75, 3.05) is 11.9 Å². The minimum absolute atomic E-state index is 0.335. The van der Waals surface area contributed by atoms with Gasteiger partial charge in [0.05, 0.1) is 11.6 Å². The van der Waals surface area contributed by atoms with Crippen LogP contribution in [0.1, 0.15) is 15.9 Å². The smallest absolute Gasteiger partial charge is 0.344 e. The second-order valence-corrected chi connectivity index (χ2v) is 4.41. The molecule has 1 N–H and O–H groups in total. The van der Waals surface area contributed by atoms with E-state index < -0.39 is 35.7 Å². The Morgan fingerprint density at radius 3 is 2.43 bits per heavy atom. The zero-order chi connectivity index (χ0) is 16.8. The molecule has 0 atom stereocenters. The Kier molecular flexibility index (Phi) is 5.00. The molecule has 0 saturated carbocycles. The number of benzene rings is 2. The zero-order valence-corrected chi connectivity index (χ0v) is 11.7. The summed E-state index contributed by atoms with van der Waals surface area (Å²) in [5.74, 6) is -4.12. The number of carbonyl (C=O) groups excluding carboxylic acids is 2. The molecule has 116 valence electrons. The predicted molar refractivity (Wildman–Crippen MR) is 76.4 cm³/mol. The van der Waals surface area contributed by atoms with Crippen molar-refractivity contribution in [2.45, 2.75) is 0 Å². The number of halogens is 2.